The molecule has 0 saturated carbocycles. The molecular formula is C24H23FN2O6S. The predicted molar refractivity (Wildman–Crippen MR) is 124 cm³/mol. The Morgan fingerprint density at radius 1 is 1.03 bits per heavy atom. The van der Waals surface area contributed by atoms with Crippen LogP contribution in [0.2, 0.25) is 0 Å². The number of sulfonamides is 1. The van der Waals surface area contributed by atoms with Crippen LogP contribution in [0.25, 0.3) is 0 Å². The first kappa shape index (κ1) is 23.4. The molecule has 1 aliphatic rings. The molecule has 0 aliphatic carbocycles. The maximum atomic E-state index is 14.5. The van der Waals surface area contributed by atoms with E-state index in [1.807, 2.05) is 0 Å². The van der Waals surface area contributed by atoms with E-state index in [2.05, 4.69) is 10.0 Å². The fourth-order valence-electron chi connectivity index (χ4n) is 3.47. The Kier molecular flexibility index (Phi) is 6.60. The van der Waals surface area contributed by atoms with E-state index in [0.29, 0.717) is 24.7 Å². The minimum absolute atomic E-state index is 0.00815. The molecule has 0 aromatic heterocycles. The lowest BCUT2D eigenvalue weighted by molar-refractivity contribution is 0.0939. The van der Waals surface area contributed by atoms with E-state index in [1.165, 1.54) is 19.2 Å². The van der Waals surface area contributed by atoms with Gasteiger partial charge in [0, 0.05) is 5.56 Å². The molecule has 3 aromatic rings. The summed E-state index contributed by atoms with van der Waals surface area (Å²) in [5, 5.41) is 2.79. The second-order valence-corrected chi connectivity index (χ2v) is 9.20. The summed E-state index contributed by atoms with van der Waals surface area (Å²) >= 11 is 0. The molecule has 1 atom stereocenters. The number of carbonyl (C=O) groups excluding carboxylic acids is 1. The van der Waals surface area contributed by atoms with Gasteiger partial charge in [-0.05, 0) is 55.0 Å². The molecule has 0 unspecified atom stereocenters. The largest absolute Gasteiger partial charge is 0.495 e. The van der Waals surface area contributed by atoms with Crippen LogP contribution in [0.5, 0.6) is 17.2 Å². The minimum atomic E-state index is -4.34. The summed E-state index contributed by atoms with van der Waals surface area (Å²) in [5.74, 6) is -0.0597. The van der Waals surface area contributed by atoms with Crippen molar-refractivity contribution in [2.45, 2.75) is 17.9 Å². The molecule has 10 heteroatoms. The molecule has 0 saturated heterocycles. The van der Waals surface area contributed by atoms with E-state index in [1.54, 1.807) is 43.3 Å². The van der Waals surface area contributed by atoms with E-state index in [4.69, 9.17) is 14.2 Å². The summed E-state index contributed by atoms with van der Waals surface area (Å²) in [5.41, 5.74) is 0.906. The first-order chi connectivity index (χ1) is 16.3. The predicted octanol–water partition coefficient (Wildman–Crippen LogP) is 3.90. The zero-order valence-corrected chi connectivity index (χ0v) is 19.3. The molecule has 8 nitrogen and oxygen atoms in total. The molecule has 1 aliphatic heterocycles. The van der Waals surface area contributed by atoms with Crippen LogP contribution in [-0.2, 0) is 10.0 Å². The molecule has 0 spiro atoms. The third-order valence-electron chi connectivity index (χ3n) is 5.25. The van der Waals surface area contributed by atoms with Crippen molar-refractivity contribution in [2.24, 2.45) is 0 Å². The van der Waals surface area contributed by atoms with E-state index >= 15 is 0 Å². The number of benzene rings is 3. The number of nitrogens with one attached hydrogen (secondary N) is 2. The fraction of sp³-hybridized carbons (Fsp3) is 0.208. The van der Waals surface area contributed by atoms with Gasteiger partial charge in [-0.3, -0.25) is 9.52 Å². The number of para-hydroxylation sites is 2. The summed E-state index contributed by atoms with van der Waals surface area (Å²) in [7, 11) is -2.95. The van der Waals surface area contributed by atoms with Crippen molar-refractivity contribution >= 4 is 21.6 Å². The second kappa shape index (κ2) is 9.60. The number of rotatable bonds is 7. The maximum Gasteiger partial charge on any atom is 0.264 e. The molecule has 0 fully saturated rings. The van der Waals surface area contributed by atoms with Crippen LogP contribution in [0.15, 0.2) is 65.6 Å². The van der Waals surface area contributed by atoms with Crippen molar-refractivity contribution in [3.05, 3.63) is 77.6 Å². The van der Waals surface area contributed by atoms with Gasteiger partial charge in [0.05, 0.1) is 18.8 Å². The van der Waals surface area contributed by atoms with Gasteiger partial charge >= 0.3 is 0 Å². The van der Waals surface area contributed by atoms with Gasteiger partial charge < -0.3 is 19.5 Å². The number of hydrogen-bond donors (Lipinski definition) is 2. The van der Waals surface area contributed by atoms with Gasteiger partial charge in [-0.1, -0.05) is 18.2 Å². The van der Waals surface area contributed by atoms with Crippen LogP contribution < -0.4 is 24.2 Å². The van der Waals surface area contributed by atoms with Gasteiger partial charge in [-0.25, -0.2) is 12.8 Å². The highest BCUT2D eigenvalue weighted by atomic mass is 32.2. The molecule has 1 amide bonds. The number of ether oxygens (including phenoxy) is 3. The molecule has 4 rings (SSSR count). The lowest BCUT2D eigenvalue weighted by atomic mass is 10.1. The smallest absolute Gasteiger partial charge is 0.264 e. The second-order valence-electron chi connectivity index (χ2n) is 7.55. The van der Waals surface area contributed by atoms with Crippen LogP contribution >= 0.6 is 0 Å². The van der Waals surface area contributed by atoms with Gasteiger partial charge in [-0.2, -0.15) is 0 Å². The first-order valence-electron chi connectivity index (χ1n) is 10.4. The number of hydrogen-bond acceptors (Lipinski definition) is 6. The van der Waals surface area contributed by atoms with E-state index in [0.717, 1.165) is 17.7 Å². The number of fused-ring (bicyclic) bond motifs is 1. The Morgan fingerprint density at radius 3 is 2.53 bits per heavy atom. The summed E-state index contributed by atoms with van der Waals surface area (Å²) in [6.07, 6.45) is 0. The quantitative estimate of drug-likeness (QED) is 0.525. The van der Waals surface area contributed by atoms with Crippen molar-refractivity contribution in [3.63, 3.8) is 0 Å². The number of amides is 1. The maximum absolute atomic E-state index is 14.5. The third-order valence-corrected chi connectivity index (χ3v) is 6.63. The topological polar surface area (TPSA) is 103 Å². The van der Waals surface area contributed by atoms with Crippen molar-refractivity contribution in [1.29, 1.82) is 0 Å². The zero-order chi connectivity index (χ0) is 24.3. The highest BCUT2D eigenvalue weighted by Crippen LogP contribution is 2.33. The number of halogens is 1. The number of methoxy groups -OCH3 is 1. The van der Waals surface area contributed by atoms with Crippen LogP contribution in [-0.4, -0.2) is 34.6 Å². The van der Waals surface area contributed by atoms with Crippen molar-refractivity contribution in [3.8, 4) is 17.2 Å². The molecular weight excluding hydrogens is 463 g/mol. The van der Waals surface area contributed by atoms with Crippen molar-refractivity contribution in [1.82, 2.24) is 5.32 Å². The Balaban J connectivity index is 1.54. The molecule has 0 bridgehead atoms. The third kappa shape index (κ3) is 4.91. The normalized spacial score (nSPS) is 13.6. The lowest BCUT2D eigenvalue weighted by Crippen LogP contribution is -2.27. The average molecular weight is 487 g/mol. The molecule has 0 radical (unpaired) electrons. The number of anilines is 1. The molecule has 178 valence electrons. The Morgan fingerprint density at radius 2 is 1.76 bits per heavy atom. The van der Waals surface area contributed by atoms with Crippen molar-refractivity contribution < 1.29 is 31.8 Å². The van der Waals surface area contributed by atoms with E-state index in [-0.39, 0.29) is 17.0 Å². The Hall–Kier alpha value is -3.79. The zero-order valence-electron chi connectivity index (χ0n) is 18.5. The highest BCUT2D eigenvalue weighted by molar-refractivity contribution is 7.92. The Bertz CT molecular complexity index is 1330. The lowest BCUT2D eigenvalue weighted by Gasteiger charge is -2.21. The van der Waals surface area contributed by atoms with Crippen LogP contribution in [0, 0.1) is 5.82 Å². The van der Waals surface area contributed by atoms with Crippen LogP contribution in [0.3, 0.4) is 0 Å². The van der Waals surface area contributed by atoms with Crippen molar-refractivity contribution in [2.75, 3.05) is 25.0 Å². The molecule has 2 N–H and O–H groups in total. The fourth-order valence-corrected chi connectivity index (χ4v) is 4.65. The standard InChI is InChI=1S/C24H23FN2O6S/c1-15(16-8-10-21-22(13-16)33-12-11-32-21)26-24(28)17-7-9-18(25)23(14-17)34(29,30)27-19-5-3-4-6-20(19)31-2/h3-10,13-15,27H,11-12H2,1-2H3,(H,26,28)/t15-/m1/s1. The summed E-state index contributed by atoms with van der Waals surface area (Å²) < 4.78 is 58.8. The monoisotopic (exact) mass is 486 g/mol. The van der Waals surface area contributed by atoms with Crippen LogP contribution in [0.1, 0.15) is 28.9 Å². The first-order valence-corrected chi connectivity index (χ1v) is 11.9. The average Bonchev–Trinajstić information content (AvgIpc) is 2.83. The summed E-state index contributed by atoms with van der Waals surface area (Å²) in [6, 6.07) is 14.4. The number of carbonyl (C=O) groups is 1. The molecule has 1 heterocycles. The van der Waals surface area contributed by atoms with Gasteiger partial charge in [0.15, 0.2) is 11.5 Å². The van der Waals surface area contributed by atoms with Gasteiger partial charge in [0.1, 0.15) is 29.7 Å². The summed E-state index contributed by atoms with van der Waals surface area (Å²) in [4.78, 5) is 12.2. The van der Waals surface area contributed by atoms with E-state index < -0.39 is 32.7 Å². The molecule has 3 aromatic carbocycles. The highest BCUT2D eigenvalue weighted by Gasteiger charge is 2.23. The Labute approximate surface area is 196 Å². The van der Waals surface area contributed by atoms with Gasteiger partial charge in [0.25, 0.3) is 15.9 Å². The van der Waals surface area contributed by atoms with Gasteiger partial charge in [0.2, 0.25) is 0 Å². The molecule has 34 heavy (non-hydrogen) atoms. The van der Waals surface area contributed by atoms with Crippen LogP contribution in [0.4, 0.5) is 10.1 Å². The van der Waals surface area contributed by atoms with E-state index in [9.17, 15) is 17.6 Å². The minimum Gasteiger partial charge on any atom is -0.495 e. The SMILES string of the molecule is COc1ccccc1NS(=O)(=O)c1cc(C(=O)N[C@H](C)c2ccc3c(c2)OCCO3)ccc1F. The summed E-state index contributed by atoms with van der Waals surface area (Å²) in [6.45, 7) is 2.68. The van der Waals surface area contributed by atoms with Gasteiger partial charge in [-0.15, -0.1) is 0 Å².